The van der Waals surface area contributed by atoms with Crippen molar-refractivity contribution < 1.29 is 18.7 Å². The van der Waals surface area contributed by atoms with Crippen LogP contribution in [0.3, 0.4) is 0 Å². The molecule has 3 aromatic carbocycles. The number of hydrogen-bond acceptors (Lipinski definition) is 6. The largest absolute Gasteiger partial charge is 0.454 e. The first-order chi connectivity index (χ1) is 15.2. The van der Waals surface area contributed by atoms with Crippen molar-refractivity contribution in [2.24, 2.45) is 0 Å². The number of ether oxygens (including phenoxy) is 2. The van der Waals surface area contributed by atoms with Crippen LogP contribution in [0.2, 0.25) is 0 Å². The number of thioether (sulfide) groups is 1. The van der Waals surface area contributed by atoms with Gasteiger partial charge in [-0.3, -0.25) is 4.79 Å². The Morgan fingerprint density at radius 2 is 1.90 bits per heavy atom. The molecule has 156 valence electrons. The second-order valence-electron chi connectivity index (χ2n) is 7.26. The number of carbonyl (C=O) groups excluding carboxylic acids is 1. The van der Waals surface area contributed by atoms with Crippen LogP contribution in [0.4, 0.5) is 0 Å². The highest BCUT2D eigenvalue weighted by Crippen LogP contribution is 2.32. The fourth-order valence-electron chi connectivity index (χ4n) is 3.41. The number of aromatic nitrogens is 1. The van der Waals surface area contributed by atoms with E-state index >= 15 is 0 Å². The highest BCUT2D eigenvalue weighted by atomic mass is 32.2. The summed E-state index contributed by atoms with van der Waals surface area (Å²) in [6.45, 7) is 2.67. The lowest BCUT2D eigenvalue weighted by Gasteiger charge is -2.07. The zero-order valence-corrected chi connectivity index (χ0v) is 17.7. The first kappa shape index (κ1) is 19.5. The Balaban J connectivity index is 1.21. The zero-order chi connectivity index (χ0) is 21.2. The van der Waals surface area contributed by atoms with Gasteiger partial charge < -0.3 is 19.2 Å². The van der Waals surface area contributed by atoms with E-state index in [2.05, 4.69) is 10.3 Å². The maximum Gasteiger partial charge on any atom is 0.257 e. The Morgan fingerprint density at radius 3 is 2.81 bits per heavy atom. The number of fused-ring (bicyclic) bond motifs is 2. The molecule has 0 saturated carbocycles. The van der Waals surface area contributed by atoms with Crippen molar-refractivity contribution in [2.45, 2.75) is 24.4 Å². The second-order valence-corrected chi connectivity index (χ2v) is 8.19. The highest BCUT2D eigenvalue weighted by molar-refractivity contribution is 7.98. The van der Waals surface area contributed by atoms with Crippen molar-refractivity contribution >= 4 is 28.8 Å². The average molecular weight is 433 g/mol. The van der Waals surface area contributed by atoms with E-state index in [0.29, 0.717) is 28.8 Å². The Kier molecular flexibility index (Phi) is 5.26. The molecule has 5 rings (SSSR count). The van der Waals surface area contributed by atoms with Crippen LogP contribution in [0.25, 0.3) is 11.1 Å². The molecule has 1 aliphatic heterocycles. The van der Waals surface area contributed by atoms with Crippen LogP contribution >= 0.6 is 11.8 Å². The van der Waals surface area contributed by atoms with E-state index in [1.807, 2.05) is 67.6 Å². The quantitative estimate of drug-likeness (QED) is 0.428. The van der Waals surface area contributed by atoms with Crippen LogP contribution in [0.15, 0.2) is 70.3 Å². The lowest BCUT2D eigenvalue weighted by Crippen LogP contribution is -2.22. The number of nitrogens with zero attached hydrogens (tertiary/aromatic N) is 1. The summed E-state index contributed by atoms with van der Waals surface area (Å²) < 4.78 is 16.5. The number of oxazole rings is 1. The molecule has 7 heteroatoms. The van der Waals surface area contributed by atoms with Gasteiger partial charge in [0.15, 0.2) is 17.1 Å². The third-order valence-electron chi connectivity index (χ3n) is 5.04. The zero-order valence-electron chi connectivity index (χ0n) is 16.9. The molecular formula is C24H20N2O4S. The summed E-state index contributed by atoms with van der Waals surface area (Å²) in [7, 11) is 0. The molecule has 0 radical (unpaired) electrons. The van der Waals surface area contributed by atoms with E-state index in [-0.39, 0.29) is 12.7 Å². The summed E-state index contributed by atoms with van der Waals surface area (Å²) in [5.41, 5.74) is 5.37. The number of hydrogen-bond donors (Lipinski definition) is 1. The SMILES string of the molecule is Cc1cccc2oc(SCc3cccc(C(=O)NCc4ccc5c(c4)OCO5)c3)nc12. The van der Waals surface area contributed by atoms with Gasteiger partial charge in [0.05, 0.1) is 0 Å². The minimum Gasteiger partial charge on any atom is -0.454 e. The molecule has 0 spiro atoms. The van der Waals surface area contributed by atoms with Crippen molar-refractivity contribution in [3.05, 3.63) is 82.9 Å². The van der Waals surface area contributed by atoms with Crippen molar-refractivity contribution in [3.63, 3.8) is 0 Å². The van der Waals surface area contributed by atoms with Gasteiger partial charge >= 0.3 is 0 Å². The van der Waals surface area contributed by atoms with Gasteiger partial charge in [0, 0.05) is 17.9 Å². The van der Waals surface area contributed by atoms with Crippen LogP contribution in [0, 0.1) is 6.92 Å². The van der Waals surface area contributed by atoms with E-state index < -0.39 is 0 Å². The molecule has 1 amide bonds. The monoisotopic (exact) mass is 432 g/mol. The molecule has 0 saturated heterocycles. The van der Waals surface area contributed by atoms with Gasteiger partial charge in [-0.05, 0) is 53.9 Å². The third kappa shape index (κ3) is 4.22. The molecule has 6 nitrogen and oxygen atoms in total. The number of carbonyl (C=O) groups is 1. The van der Waals surface area contributed by atoms with Crippen LogP contribution in [0.5, 0.6) is 11.5 Å². The van der Waals surface area contributed by atoms with Crippen molar-refractivity contribution in [1.82, 2.24) is 10.3 Å². The molecule has 31 heavy (non-hydrogen) atoms. The van der Waals surface area contributed by atoms with E-state index in [1.54, 1.807) is 0 Å². The van der Waals surface area contributed by atoms with Gasteiger partial charge in [-0.25, -0.2) is 4.98 Å². The normalized spacial score (nSPS) is 12.3. The smallest absolute Gasteiger partial charge is 0.257 e. The minimum absolute atomic E-state index is 0.123. The van der Waals surface area contributed by atoms with Gasteiger partial charge in [-0.1, -0.05) is 42.1 Å². The van der Waals surface area contributed by atoms with Gasteiger partial charge in [-0.2, -0.15) is 0 Å². The van der Waals surface area contributed by atoms with Crippen LogP contribution < -0.4 is 14.8 Å². The van der Waals surface area contributed by atoms with Gasteiger partial charge in [0.25, 0.3) is 11.1 Å². The maximum absolute atomic E-state index is 12.6. The molecule has 2 heterocycles. The Hall–Kier alpha value is -3.45. The van der Waals surface area contributed by atoms with Gasteiger partial charge in [-0.15, -0.1) is 0 Å². The topological polar surface area (TPSA) is 73.6 Å². The fourth-order valence-corrected chi connectivity index (χ4v) is 4.18. The van der Waals surface area contributed by atoms with E-state index in [4.69, 9.17) is 13.9 Å². The minimum atomic E-state index is -0.123. The summed E-state index contributed by atoms with van der Waals surface area (Å²) >= 11 is 1.51. The van der Waals surface area contributed by atoms with Gasteiger partial charge in [0.1, 0.15) is 5.52 Å². The number of amides is 1. The number of aryl methyl sites for hydroxylation is 1. The van der Waals surface area contributed by atoms with Crippen LogP contribution in [-0.2, 0) is 12.3 Å². The number of rotatable bonds is 6. The molecule has 0 fully saturated rings. The van der Waals surface area contributed by atoms with Crippen LogP contribution in [-0.4, -0.2) is 17.7 Å². The molecule has 0 aliphatic carbocycles. The van der Waals surface area contributed by atoms with E-state index in [1.165, 1.54) is 11.8 Å². The standard InChI is InChI=1S/C24H20N2O4S/c1-15-4-2-7-20-22(15)26-24(30-20)31-13-17-5-3-6-18(10-17)23(27)25-12-16-8-9-19-21(11-16)29-14-28-19/h2-11H,12-14H2,1H3,(H,25,27). The first-order valence-corrected chi connectivity index (χ1v) is 10.9. The van der Waals surface area contributed by atoms with Gasteiger partial charge in [0.2, 0.25) is 6.79 Å². The number of nitrogens with one attached hydrogen (secondary N) is 1. The lowest BCUT2D eigenvalue weighted by atomic mass is 10.1. The molecule has 4 aromatic rings. The first-order valence-electron chi connectivity index (χ1n) is 9.90. The number of benzene rings is 3. The molecule has 1 N–H and O–H groups in total. The summed E-state index contributed by atoms with van der Waals surface area (Å²) in [4.78, 5) is 17.2. The summed E-state index contributed by atoms with van der Waals surface area (Å²) in [6.07, 6.45) is 0. The molecule has 1 aromatic heterocycles. The molecule has 0 atom stereocenters. The Morgan fingerprint density at radius 1 is 1.03 bits per heavy atom. The summed E-state index contributed by atoms with van der Waals surface area (Å²) in [5.74, 6) is 1.98. The van der Waals surface area contributed by atoms with E-state index in [9.17, 15) is 4.79 Å². The molecule has 0 bridgehead atoms. The number of para-hydroxylation sites is 1. The van der Waals surface area contributed by atoms with E-state index in [0.717, 1.165) is 33.5 Å². The fraction of sp³-hybridized carbons (Fsp3) is 0.167. The molecular weight excluding hydrogens is 412 g/mol. The van der Waals surface area contributed by atoms with Crippen molar-refractivity contribution in [1.29, 1.82) is 0 Å². The summed E-state index contributed by atoms with van der Waals surface area (Å²) in [6, 6.07) is 19.2. The second kappa shape index (κ2) is 8.35. The maximum atomic E-state index is 12.6. The molecule has 0 unspecified atom stereocenters. The van der Waals surface area contributed by atoms with Crippen molar-refractivity contribution in [3.8, 4) is 11.5 Å². The summed E-state index contributed by atoms with van der Waals surface area (Å²) in [5, 5.41) is 3.59. The van der Waals surface area contributed by atoms with Crippen molar-refractivity contribution in [2.75, 3.05) is 6.79 Å². The lowest BCUT2D eigenvalue weighted by molar-refractivity contribution is 0.0950. The average Bonchev–Trinajstić information content (AvgIpc) is 3.43. The third-order valence-corrected chi connectivity index (χ3v) is 5.94. The Labute approximate surface area is 183 Å². The predicted molar refractivity (Wildman–Crippen MR) is 118 cm³/mol. The Bertz CT molecular complexity index is 1270. The van der Waals surface area contributed by atoms with Crippen LogP contribution in [0.1, 0.15) is 27.0 Å². The predicted octanol–water partition coefficient (Wildman–Crippen LogP) is 5.09. The highest BCUT2D eigenvalue weighted by Gasteiger charge is 2.14. The molecule has 1 aliphatic rings.